The van der Waals surface area contributed by atoms with Crippen LogP contribution in [0.3, 0.4) is 0 Å². The Hall–Kier alpha value is -2.51. The third-order valence-electron chi connectivity index (χ3n) is 3.79. The molecule has 0 spiro atoms. The van der Waals surface area contributed by atoms with Crippen molar-refractivity contribution in [1.82, 2.24) is 0 Å². The van der Waals surface area contributed by atoms with Gasteiger partial charge in [-0.2, -0.15) is 0 Å². The van der Waals surface area contributed by atoms with Gasteiger partial charge in [0, 0.05) is 12.1 Å². The summed E-state index contributed by atoms with van der Waals surface area (Å²) in [6, 6.07) is 2.79. The third-order valence-corrected chi connectivity index (χ3v) is 3.79. The van der Waals surface area contributed by atoms with Crippen LogP contribution in [0.4, 0.5) is 11.4 Å². The zero-order valence-electron chi connectivity index (χ0n) is 14.4. The molecule has 0 aliphatic heterocycles. The lowest BCUT2D eigenvalue weighted by atomic mass is 10.1. The molecule has 0 aliphatic carbocycles. The first-order chi connectivity index (χ1) is 12.0. The minimum Gasteiger partial charge on any atom is -0.462 e. The lowest BCUT2D eigenvalue weighted by Gasteiger charge is -2.05. The van der Waals surface area contributed by atoms with Crippen molar-refractivity contribution >= 4 is 17.3 Å². The molecule has 0 amide bonds. The van der Waals surface area contributed by atoms with Crippen LogP contribution in [-0.4, -0.2) is 22.4 Å². The predicted molar refractivity (Wildman–Crippen MR) is 92.6 cm³/mol. The maximum absolute atomic E-state index is 11.9. The molecule has 8 nitrogen and oxygen atoms in total. The number of non-ortho nitro benzene ring substituents is 2. The van der Waals surface area contributed by atoms with Crippen LogP contribution in [-0.2, 0) is 4.74 Å². The van der Waals surface area contributed by atoms with Crippen molar-refractivity contribution in [2.75, 3.05) is 6.61 Å². The van der Waals surface area contributed by atoms with Gasteiger partial charge in [0.25, 0.3) is 11.4 Å². The highest BCUT2D eigenvalue weighted by molar-refractivity contribution is 5.91. The van der Waals surface area contributed by atoms with E-state index in [-0.39, 0.29) is 12.2 Å². The zero-order chi connectivity index (χ0) is 18.7. The summed E-state index contributed by atoms with van der Waals surface area (Å²) in [4.78, 5) is 32.0. The Bertz CT molecular complexity index is 571. The number of esters is 1. The van der Waals surface area contributed by atoms with E-state index in [0.717, 1.165) is 37.5 Å². The average Bonchev–Trinajstić information content (AvgIpc) is 2.59. The van der Waals surface area contributed by atoms with Gasteiger partial charge >= 0.3 is 5.97 Å². The van der Waals surface area contributed by atoms with E-state index in [9.17, 15) is 25.0 Å². The molecule has 0 N–H and O–H groups in total. The number of nitrogens with zero attached hydrogens (tertiary/aromatic N) is 2. The summed E-state index contributed by atoms with van der Waals surface area (Å²) in [5.74, 6) is -0.783. The highest BCUT2D eigenvalue weighted by Crippen LogP contribution is 2.23. The smallest absolute Gasteiger partial charge is 0.338 e. The molecular weight excluding hydrogens is 328 g/mol. The lowest BCUT2D eigenvalue weighted by molar-refractivity contribution is -0.394. The van der Waals surface area contributed by atoms with Crippen molar-refractivity contribution in [2.24, 2.45) is 0 Å². The van der Waals surface area contributed by atoms with Crippen molar-refractivity contribution in [1.29, 1.82) is 0 Å². The van der Waals surface area contributed by atoms with E-state index in [1.54, 1.807) is 0 Å². The Kier molecular flexibility index (Phi) is 9.13. The molecule has 0 aromatic heterocycles. The van der Waals surface area contributed by atoms with Gasteiger partial charge in [-0.1, -0.05) is 51.9 Å². The van der Waals surface area contributed by atoms with Crippen molar-refractivity contribution in [3.05, 3.63) is 44.0 Å². The standard InChI is InChI=1S/C17H24N2O6/c1-2-3-4-5-6-7-8-9-10-25-17(20)14-11-15(18(21)22)13-16(12-14)19(23)24/h11-13H,2-10H2,1H3. The summed E-state index contributed by atoms with van der Waals surface area (Å²) in [5, 5.41) is 21.6. The minimum absolute atomic E-state index is 0.180. The van der Waals surface area contributed by atoms with Crippen molar-refractivity contribution in [2.45, 2.75) is 58.3 Å². The summed E-state index contributed by atoms with van der Waals surface area (Å²) in [6.45, 7) is 2.37. The number of hydrogen-bond donors (Lipinski definition) is 0. The predicted octanol–water partition coefficient (Wildman–Crippen LogP) is 4.80. The second kappa shape index (κ2) is 11.1. The highest BCUT2D eigenvalue weighted by atomic mass is 16.6. The second-order valence-corrected chi connectivity index (χ2v) is 5.86. The number of rotatable bonds is 12. The van der Waals surface area contributed by atoms with Crippen LogP contribution in [0, 0.1) is 20.2 Å². The molecule has 0 fully saturated rings. The van der Waals surface area contributed by atoms with Gasteiger partial charge in [0.15, 0.2) is 0 Å². The van der Waals surface area contributed by atoms with Crippen LogP contribution in [0.1, 0.15) is 68.6 Å². The van der Waals surface area contributed by atoms with Crippen LogP contribution in [0.2, 0.25) is 0 Å². The second-order valence-electron chi connectivity index (χ2n) is 5.86. The number of nitro groups is 2. The topological polar surface area (TPSA) is 113 Å². The average molecular weight is 352 g/mol. The number of benzene rings is 1. The van der Waals surface area contributed by atoms with E-state index in [4.69, 9.17) is 4.74 Å². The molecule has 1 aromatic carbocycles. The molecule has 0 radical (unpaired) electrons. The van der Waals surface area contributed by atoms with Gasteiger partial charge < -0.3 is 4.74 Å². The molecule has 0 aliphatic rings. The summed E-state index contributed by atoms with van der Waals surface area (Å²) in [7, 11) is 0. The lowest BCUT2D eigenvalue weighted by Crippen LogP contribution is -2.08. The van der Waals surface area contributed by atoms with Crippen LogP contribution in [0.25, 0.3) is 0 Å². The van der Waals surface area contributed by atoms with Gasteiger partial charge in [0.2, 0.25) is 0 Å². The first-order valence-electron chi connectivity index (χ1n) is 8.56. The van der Waals surface area contributed by atoms with E-state index in [2.05, 4.69) is 6.92 Å². The minimum atomic E-state index is -0.783. The van der Waals surface area contributed by atoms with Gasteiger partial charge in [0.05, 0.1) is 28.1 Å². The first kappa shape index (κ1) is 20.5. The van der Waals surface area contributed by atoms with Crippen LogP contribution in [0.5, 0.6) is 0 Å². The summed E-state index contributed by atoms with van der Waals surface area (Å²) in [5.41, 5.74) is -1.19. The SMILES string of the molecule is CCCCCCCCCCOC(=O)c1cc([N+](=O)[O-])cc([N+](=O)[O-])c1. The quantitative estimate of drug-likeness (QED) is 0.231. The normalized spacial score (nSPS) is 10.4. The number of ether oxygens (including phenoxy) is 1. The van der Waals surface area contributed by atoms with E-state index in [0.29, 0.717) is 6.42 Å². The molecule has 1 rings (SSSR count). The van der Waals surface area contributed by atoms with Crippen molar-refractivity contribution in [3.63, 3.8) is 0 Å². The molecule has 0 bridgehead atoms. The number of unbranched alkanes of at least 4 members (excludes halogenated alkanes) is 7. The Morgan fingerprint density at radius 1 is 0.880 bits per heavy atom. The molecule has 0 saturated carbocycles. The van der Waals surface area contributed by atoms with E-state index in [1.807, 2.05) is 0 Å². The molecule has 0 heterocycles. The van der Waals surface area contributed by atoms with Crippen LogP contribution < -0.4 is 0 Å². The molecule has 0 saturated heterocycles. The zero-order valence-corrected chi connectivity index (χ0v) is 14.4. The fourth-order valence-corrected chi connectivity index (χ4v) is 2.41. The fourth-order valence-electron chi connectivity index (χ4n) is 2.41. The number of carbonyl (C=O) groups is 1. The third kappa shape index (κ3) is 7.73. The molecule has 25 heavy (non-hydrogen) atoms. The van der Waals surface area contributed by atoms with Gasteiger partial charge in [0.1, 0.15) is 0 Å². The van der Waals surface area contributed by atoms with E-state index in [1.165, 1.54) is 25.7 Å². The Morgan fingerprint density at radius 3 is 1.84 bits per heavy atom. The van der Waals surface area contributed by atoms with Gasteiger partial charge in [-0.3, -0.25) is 20.2 Å². The summed E-state index contributed by atoms with van der Waals surface area (Å²) >= 11 is 0. The molecule has 0 unspecified atom stereocenters. The summed E-state index contributed by atoms with van der Waals surface area (Å²) in [6.07, 6.45) is 8.81. The van der Waals surface area contributed by atoms with Crippen molar-refractivity contribution in [3.8, 4) is 0 Å². The molecule has 8 heteroatoms. The number of carbonyl (C=O) groups excluding carboxylic acids is 1. The number of nitro benzene ring substituents is 2. The van der Waals surface area contributed by atoms with Crippen LogP contribution in [0.15, 0.2) is 18.2 Å². The number of hydrogen-bond acceptors (Lipinski definition) is 6. The fraction of sp³-hybridized carbons (Fsp3) is 0.588. The molecule has 1 aromatic rings. The van der Waals surface area contributed by atoms with Gasteiger partial charge in [-0.25, -0.2) is 4.79 Å². The van der Waals surface area contributed by atoms with Crippen molar-refractivity contribution < 1.29 is 19.4 Å². The van der Waals surface area contributed by atoms with E-state index >= 15 is 0 Å². The monoisotopic (exact) mass is 352 g/mol. The maximum atomic E-state index is 11.9. The molecule has 0 atom stereocenters. The maximum Gasteiger partial charge on any atom is 0.338 e. The molecular formula is C17H24N2O6. The highest BCUT2D eigenvalue weighted by Gasteiger charge is 2.20. The van der Waals surface area contributed by atoms with Gasteiger partial charge in [-0.05, 0) is 6.42 Å². The molecule has 138 valence electrons. The largest absolute Gasteiger partial charge is 0.462 e. The summed E-state index contributed by atoms with van der Waals surface area (Å²) < 4.78 is 5.06. The van der Waals surface area contributed by atoms with E-state index < -0.39 is 27.2 Å². The first-order valence-corrected chi connectivity index (χ1v) is 8.56. The van der Waals surface area contributed by atoms with Crippen LogP contribution >= 0.6 is 0 Å². The Balaban J connectivity index is 2.42. The Labute approximate surface area is 146 Å². The van der Waals surface area contributed by atoms with Gasteiger partial charge in [-0.15, -0.1) is 0 Å². The Morgan fingerprint density at radius 2 is 1.36 bits per heavy atom.